The Labute approximate surface area is 411 Å². The van der Waals surface area contributed by atoms with Crippen LogP contribution in [0.25, 0.3) is 0 Å². The second-order valence-corrected chi connectivity index (χ2v) is 19.1. The Morgan fingerprint density at radius 2 is 0.889 bits per heavy atom. The Balaban J connectivity index is 0.000000451. The van der Waals surface area contributed by atoms with Gasteiger partial charge in [0.15, 0.2) is 0 Å². The molecule has 298 valence electrons. The lowest BCUT2D eigenvalue weighted by Gasteiger charge is -2.45. The fraction of sp³-hybridized carbons (Fsp3) is 0.786. The number of nitrogens with one attached hydrogen (secondary N) is 1. The molecule has 1 N–H and O–H groups in total. The predicted molar refractivity (Wildman–Crippen MR) is 295 cm³/mol. The molecule has 0 bridgehead atoms. The minimum atomic E-state index is -0.926. The first-order valence-electron chi connectivity index (χ1n) is 21.2. The van der Waals surface area contributed by atoms with E-state index in [2.05, 4.69) is 98.3 Å². The van der Waals surface area contributed by atoms with Crippen LogP contribution < -0.4 is 10.9 Å². The van der Waals surface area contributed by atoms with E-state index in [1.54, 1.807) is 14.2 Å². The van der Waals surface area contributed by atoms with E-state index in [4.69, 9.17) is 116 Å². The van der Waals surface area contributed by atoms with Crippen LogP contribution in [-0.2, 0) is 34.6 Å². The molecule has 0 saturated carbocycles. The molecule has 0 aromatic carbocycles. The molecule has 0 spiro atoms. The number of ether oxygens (including phenoxy) is 2. The van der Waals surface area contributed by atoms with Crippen molar-refractivity contribution in [2.75, 3.05) is 32.8 Å². The molecule has 4 heterocycles. The summed E-state index contributed by atoms with van der Waals surface area (Å²) in [5.41, 5.74) is 4.80. The molecule has 24 radical (unpaired) electrons. The third kappa shape index (κ3) is 16.4. The highest BCUT2D eigenvalue weighted by Crippen LogP contribution is 2.38. The van der Waals surface area contributed by atoms with E-state index in [1.807, 2.05) is 25.5 Å². The molecule has 4 rings (SSSR count). The lowest BCUT2D eigenvalue weighted by molar-refractivity contribution is 0.00578. The van der Waals surface area contributed by atoms with Crippen molar-refractivity contribution in [3.8, 4) is 0 Å². The lowest BCUT2D eigenvalue weighted by Crippen LogP contribution is -2.83. The number of alkyl halides is 1. The maximum atomic E-state index is 6.12. The highest BCUT2D eigenvalue weighted by molar-refractivity contribution is 9.09. The van der Waals surface area contributed by atoms with E-state index in [1.165, 1.54) is 0 Å². The average Bonchev–Trinajstić information content (AvgIpc) is 3.75. The number of aromatic nitrogens is 4. The maximum Gasteiger partial charge on any atom is 0.498 e. The highest BCUT2D eigenvalue weighted by Gasteiger charge is 2.54. The molecule has 0 amide bonds. The molecule has 10 nitrogen and oxygen atoms in total. The normalized spacial score (nSPS) is 16.2. The summed E-state index contributed by atoms with van der Waals surface area (Å²) < 4.78 is 35.9. The molecular weight excluding hydrogens is 828 g/mol. The third-order valence-corrected chi connectivity index (χ3v) is 12.7. The SMILES string of the molecule is COCCBr.COCCn1nc(C)c(B2OC(C)(C)C(C)(C)O2)c1C.Cc1n[nH]c(C)c1B1OC(C)(C)C(C)(C)O1.[B]B([B])B(B([B])[B])B(B(B([B])[B])B([B])[B])B(B([B])[B])B([B])[B]. The van der Waals surface area contributed by atoms with Crippen LogP contribution in [0.4, 0.5) is 0 Å². The summed E-state index contributed by atoms with van der Waals surface area (Å²) in [4.78, 5) is 0. The van der Waals surface area contributed by atoms with Gasteiger partial charge in [-0.1, -0.05) is 15.9 Å². The largest absolute Gasteiger partial charge is 0.498 e. The summed E-state index contributed by atoms with van der Waals surface area (Å²) in [7, 11) is 72.4. The molecule has 2 saturated heterocycles. The van der Waals surface area contributed by atoms with Crippen molar-refractivity contribution < 1.29 is 28.1 Å². The minimum absolute atomic E-state index is 0.298. The van der Waals surface area contributed by atoms with Crippen LogP contribution in [0.1, 0.15) is 78.2 Å². The van der Waals surface area contributed by atoms with Crippen LogP contribution in [0.15, 0.2) is 0 Å². The van der Waals surface area contributed by atoms with Gasteiger partial charge in [0.2, 0.25) is 0 Å². The molecule has 2 aliphatic rings. The molecule has 2 aromatic rings. The smallest absolute Gasteiger partial charge is 0.399 e. The molecule has 2 aromatic heterocycles. The van der Waals surface area contributed by atoms with Gasteiger partial charge in [0, 0.05) is 199 Å². The summed E-state index contributed by atoms with van der Waals surface area (Å²) >= 11 is 3.18. The Morgan fingerprint density at radius 1 is 0.556 bits per heavy atom. The Bertz CT molecular complexity index is 1530. The molecule has 0 unspecified atom stereocenters. The van der Waals surface area contributed by atoms with Crippen LogP contribution in [0.2, 0.25) is 0 Å². The maximum absolute atomic E-state index is 6.12. The van der Waals surface area contributed by atoms with E-state index < -0.39 is 63.9 Å². The standard InChI is InChI=1S/C14H25BN2O3.C11H19BN2O2.C3H7BrO.B22/c1-10-12(11(2)17(16-10)8-9-18-7)15-19-13(3,4)14(5,6)20-15;1-7-9(8(2)14-13-7)12-15-10(3,4)11(5,6)16-12;1-5-3-2-4;1-13(2)19(14(3)4)22(20(15(5)6)16(7)8)21(17(9)10)18(11)12/h8-9H2,1-7H3;1-6H3,(H,13,14);2-3H2,1H3;. The van der Waals surface area contributed by atoms with Gasteiger partial charge in [-0.3, -0.25) is 9.78 Å². The molecular formula is C28H51B24BrN4O6. The van der Waals surface area contributed by atoms with Gasteiger partial charge < -0.3 is 28.1 Å². The number of H-pyrrole nitrogens is 1. The van der Waals surface area contributed by atoms with Crippen molar-refractivity contribution in [3.05, 3.63) is 22.8 Å². The monoisotopic (exact) mass is 883 g/mol. The highest BCUT2D eigenvalue weighted by atomic mass is 79.9. The second kappa shape index (κ2) is 26.3. The van der Waals surface area contributed by atoms with Crippen LogP contribution in [0.3, 0.4) is 0 Å². The molecule has 0 aliphatic carbocycles. The van der Waals surface area contributed by atoms with E-state index in [9.17, 15) is 0 Å². The van der Waals surface area contributed by atoms with Gasteiger partial charge >= 0.3 is 14.2 Å². The first kappa shape index (κ1) is 61.2. The quantitative estimate of drug-likeness (QED) is 0.133. The van der Waals surface area contributed by atoms with Gasteiger partial charge in [0.1, 0.15) is 0 Å². The third-order valence-electron chi connectivity index (χ3n) is 12.4. The topological polar surface area (TPSA) is 102 Å². The van der Waals surface area contributed by atoms with Crippen LogP contribution in [-0.4, -0.2) is 246 Å². The van der Waals surface area contributed by atoms with Crippen molar-refractivity contribution in [1.29, 1.82) is 0 Å². The predicted octanol–water partition coefficient (Wildman–Crippen LogP) is -4.58. The molecule has 35 heteroatoms. The Hall–Kier alpha value is 0.218. The second-order valence-electron chi connectivity index (χ2n) is 18.3. The van der Waals surface area contributed by atoms with Crippen molar-refractivity contribution in [2.45, 2.75) is 112 Å². The van der Waals surface area contributed by atoms with Gasteiger partial charge in [0.05, 0.1) is 53.6 Å². The molecule has 2 fully saturated rings. The van der Waals surface area contributed by atoms with Crippen molar-refractivity contribution in [3.63, 3.8) is 0 Å². The number of aryl methyl sites for hydroxylation is 3. The fourth-order valence-corrected chi connectivity index (χ4v) is 7.76. The zero-order valence-corrected chi connectivity index (χ0v) is 41.9. The zero-order chi connectivity index (χ0) is 49.2. The molecule has 2 aliphatic heterocycles. The van der Waals surface area contributed by atoms with Crippen molar-refractivity contribution in [1.82, 2.24) is 20.0 Å². The average molecular weight is 879 g/mol. The zero-order valence-electron chi connectivity index (χ0n) is 40.4. The first-order chi connectivity index (χ1) is 28.8. The summed E-state index contributed by atoms with van der Waals surface area (Å²) in [5, 5.41) is 12.6. The Kier molecular flexibility index (Phi) is 25.5. The molecule has 0 atom stereocenters. The van der Waals surface area contributed by atoms with E-state index in [0.29, 0.717) is 6.61 Å². The minimum Gasteiger partial charge on any atom is -0.399 e. The summed E-state index contributed by atoms with van der Waals surface area (Å²) in [6, 6.07) is 0. The number of hydrogen-bond acceptors (Lipinski definition) is 8. The number of rotatable bonds is 16. The summed E-state index contributed by atoms with van der Waals surface area (Å²) in [5.74, 6) is 0. The van der Waals surface area contributed by atoms with Crippen molar-refractivity contribution in [2.24, 2.45) is 0 Å². The van der Waals surface area contributed by atoms with Crippen LogP contribution in [0.5, 0.6) is 0 Å². The van der Waals surface area contributed by atoms with Gasteiger partial charge in [-0.25, -0.2) is 0 Å². The van der Waals surface area contributed by atoms with Crippen LogP contribution >= 0.6 is 15.9 Å². The fourth-order valence-electron chi connectivity index (χ4n) is 7.43. The number of aromatic amines is 1. The van der Waals surface area contributed by atoms with Crippen LogP contribution in [0, 0.1) is 27.7 Å². The van der Waals surface area contributed by atoms with Gasteiger partial charge in [0.25, 0.3) is 0 Å². The molecule has 63 heavy (non-hydrogen) atoms. The van der Waals surface area contributed by atoms with Gasteiger partial charge in [-0.05, 0) is 83.1 Å². The van der Waals surface area contributed by atoms with E-state index >= 15 is 0 Å². The van der Waals surface area contributed by atoms with E-state index in [-0.39, 0.29) is 36.6 Å². The van der Waals surface area contributed by atoms with Gasteiger partial charge in [-0.2, -0.15) is 10.2 Å². The number of halogens is 1. The first-order valence-corrected chi connectivity index (χ1v) is 22.3. The number of nitrogens with zero attached hydrogens (tertiary/aromatic N) is 3. The Morgan fingerprint density at radius 3 is 1.14 bits per heavy atom. The van der Waals surface area contributed by atoms with E-state index in [0.717, 1.165) is 52.2 Å². The number of methoxy groups -OCH3 is 2. The lowest BCUT2D eigenvalue weighted by atomic mass is 8.36. The summed E-state index contributed by atoms with van der Waals surface area (Å²) in [6.07, 6.45) is -8.34. The summed E-state index contributed by atoms with van der Waals surface area (Å²) in [6.45, 7) is 26.6. The number of hydrogen-bond donors (Lipinski definition) is 1. The van der Waals surface area contributed by atoms with Gasteiger partial charge in [-0.15, -0.1) is 0 Å². The van der Waals surface area contributed by atoms with Crippen molar-refractivity contribution >= 4 is 198 Å².